The van der Waals surface area contributed by atoms with Gasteiger partial charge in [0.1, 0.15) is 0 Å². The van der Waals surface area contributed by atoms with Gasteiger partial charge in [0.2, 0.25) is 0 Å². The van der Waals surface area contributed by atoms with E-state index in [1.807, 2.05) is 12.1 Å². The van der Waals surface area contributed by atoms with Crippen molar-refractivity contribution in [2.75, 3.05) is 25.0 Å². The van der Waals surface area contributed by atoms with Crippen molar-refractivity contribution in [3.63, 3.8) is 0 Å². The van der Waals surface area contributed by atoms with Gasteiger partial charge in [0.05, 0.1) is 24.9 Å². The number of anilines is 1. The van der Waals surface area contributed by atoms with E-state index in [4.69, 9.17) is 10.5 Å². The molecule has 6 nitrogen and oxygen atoms in total. The molecule has 1 unspecified atom stereocenters. The van der Waals surface area contributed by atoms with Crippen molar-refractivity contribution in [1.82, 2.24) is 4.90 Å². The van der Waals surface area contributed by atoms with Gasteiger partial charge in [-0.05, 0) is 30.2 Å². The zero-order valence-corrected chi connectivity index (χ0v) is 19.4. The van der Waals surface area contributed by atoms with Crippen LogP contribution in [0.2, 0.25) is 0 Å². The van der Waals surface area contributed by atoms with Crippen LogP contribution in [0.4, 0.5) is 18.9 Å². The summed E-state index contributed by atoms with van der Waals surface area (Å²) in [7, 11) is 0. The molecule has 1 heterocycles. The monoisotopic (exact) mass is 550 g/mol. The number of para-hydroxylation sites is 2. The number of nitrogens with zero attached hydrogens (tertiary/aromatic N) is 2. The molecule has 0 aromatic heterocycles. The van der Waals surface area contributed by atoms with Crippen molar-refractivity contribution >= 4 is 35.6 Å². The third-order valence-corrected chi connectivity index (χ3v) is 4.53. The second-order valence-corrected chi connectivity index (χ2v) is 7.11. The highest BCUT2D eigenvalue weighted by molar-refractivity contribution is 14.0. The largest absolute Gasteiger partial charge is 0.573 e. The Morgan fingerprint density at radius 2 is 1.97 bits per heavy atom. The van der Waals surface area contributed by atoms with Gasteiger partial charge in [0.25, 0.3) is 0 Å². The van der Waals surface area contributed by atoms with Crippen molar-refractivity contribution in [1.29, 1.82) is 0 Å². The maximum atomic E-state index is 12.5. The van der Waals surface area contributed by atoms with Gasteiger partial charge >= 0.3 is 6.36 Å². The van der Waals surface area contributed by atoms with E-state index in [2.05, 4.69) is 39.0 Å². The molecule has 170 valence electrons. The summed E-state index contributed by atoms with van der Waals surface area (Å²) in [4.78, 5) is 6.58. The summed E-state index contributed by atoms with van der Waals surface area (Å²) in [6, 6.07) is 13.7. The molecule has 3 rings (SSSR count). The Balaban J connectivity index is 0.00000341. The first kappa shape index (κ1) is 25.2. The maximum Gasteiger partial charge on any atom is 0.573 e. The smallest absolute Gasteiger partial charge is 0.404 e. The van der Waals surface area contributed by atoms with Gasteiger partial charge in [-0.15, -0.1) is 37.1 Å². The number of morpholine rings is 1. The quantitative estimate of drug-likeness (QED) is 0.318. The summed E-state index contributed by atoms with van der Waals surface area (Å²) in [5, 5.41) is 2.67. The second kappa shape index (κ2) is 11.5. The molecule has 1 fully saturated rings. The van der Waals surface area contributed by atoms with Gasteiger partial charge in [-0.1, -0.05) is 36.4 Å². The molecule has 0 saturated carbocycles. The van der Waals surface area contributed by atoms with E-state index in [0.29, 0.717) is 6.54 Å². The fourth-order valence-electron chi connectivity index (χ4n) is 3.26. The molecule has 1 atom stereocenters. The molecule has 0 amide bonds. The lowest BCUT2D eigenvalue weighted by molar-refractivity contribution is -0.274. The van der Waals surface area contributed by atoms with Crippen molar-refractivity contribution in [2.45, 2.75) is 32.5 Å². The van der Waals surface area contributed by atoms with Gasteiger partial charge < -0.3 is 20.5 Å². The van der Waals surface area contributed by atoms with Crippen LogP contribution < -0.4 is 15.8 Å². The van der Waals surface area contributed by atoms with Crippen LogP contribution in [0, 0.1) is 0 Å². The molecular weight excluding hydrogens is 524 g/mol. The van der Waals surface area contributed by atoms with E-state index < -0.39 is 6.36 Å². The van der Waals surface area contributed by atoms with Crippen LogP contribution in [0.5, 0.6) is 5.75 Å². The number of benzene rings is 2. The van der Waals surface area contributed by atoms with Crippen LogP contribution in [-0.4, -0.2) is 43.0 Å². The van der Waals surface area contributed by atoms with Crippen LogP contribution in [0.15, 0.2) is 53.5 Å². The average molecular weight is 550 g/mol. The summed E-state index contributed by atoms with van der Waals surface area (Å²) in [5.74, 6) is -0.370. The molecule has 31 heavy (non-hydrogen) atoms. The third kappa shape index (κ3) is 8.54. The Kier molecular flexibility index (Phi) is 9.38. The van der Waals surface area contributed by atoms with Gasteiger partial charge in [0.15, 0.2) is 11.7 Å². The SMILES string of the molecule is CC1CN(Cc2cccc(CN=C(N)Nc3ccccc3OC(F)(F)F)c2)CCO1.I. The molecule has 10 heteroatoms. The highest BCUT2D eigenvalue weighted by atomic mass is 127. The van der Waals surface area contributed by atoms with E-state index in [1.165, 1.54) is 18.2 Å². The molecule has 1 aliphatic rings. The molecule has 0 spiro atoms. The zero-order chi connectivity index (χ0) is 21.6. The zero-order valence-electron chi connectivity index (χ0n) is 17.1. The minimum Gasteiger partial charge on any atom is -0.404 e. The Bertz CT molecular complexity index is 880. The fourth-order valence-corrected chi connectivity index (χ4v) is 3.26. The lowest BCUT2D eigenvalue weighted by Crippen LogP contribution is -2.40. The number of nitrogens with one attached hydrogen (secondary N) is 1. The Labute approximate surface area is 196 Å². The molecule has 3 N–H and O–H groups in total. The van der Waals surface area contributed by atoms with Gasteiger partial charge in [-0.3, -0.25) is 4.90 Å². The number of halogens is 4. The molecule has 1 saturated heterocycles. The first-order chi connectivity index (χ1) is 14.3. The van der Waals surface area contributed by atoms with Gasteiger partial charge in [-0.25, -0.2) is 4.99 Å². The predicted molar refractivity (Wildman–Crippen MR) is 125 cm³/mol. The van der Waals surface area contributed by atoms with Gasteiger partial charge in [0, 0.05) is 19.6 Å². The topological polar surface area (TPSA) is 72.1 Å². The van der Waals surface area contributed by atoms with Crippen LogP contribution in [0.25, 0.3) is 0 Å². The summed E-state index contributed by atoms with van der Waals surface area (Å²) in [5.41, 5.74) is 8.07. The van der Waals surface area contributed by atoms with E-state index in [0.717, 1.165) is 37.4 Å². The fraction of sp³-hybridized carbons (Fsp3) is 0.381. The number of hydrogen-bond acceptors (Lipinski definition) is 4. The van der Waals surface area contributed by atoms with Crippen LogP contribution in [0.1, 0.15) is 18.1 Å². The molecule has 2 aromatic carbocycles. The van der Waals surface area contributed by atoms with Crippen LogP contribution in [0.3, 0.4) is 0 Å². The number of hydrogen-bond donors (Lipinski definition) is 2. The molecule has 0 bridgehead atoms. The Hall–Kier alpha value is -2.05. The lowest BCUT2D eigenvalue weighted by Gasteiger charge is -2.31. The summed E-state index contributed by atoms with van der Waals surface area (Å²) in [6.45, 7) is 5.69. The Morgan fingerprint density at radius 1 is 1.23 bits per heavy atom. The molecule has 2 aromatic rings. The number of ether oxygens (including phenoxy) is 2. The summed E-state index contributed by atoms with van der Waals surface area (Å²) in [6.07, 6.45) is -4.57. The predicted octanol–water partition coefficient (Wildman–Crippen LogP) is 4.35. The average Bonchev–Trinajstić information content (AvgIpc) is 2.67. The minimum atomic E-state index is -4.79. The first-order valence-corrected chi connectivity index (χ1v) is 9.62. The minimum absolute atomic E-state index is 0. The van der Waals surface area contributed by atoms with Crippen molar-refractivity contribution < 1.29 is 22.6 Å². The number of rotatable bonds is 6. The maximum absolute atomic E-state index is 12.5. The Morgan fingerprint density at radius 3 is 2.71 bits per heavy atom. The van der Waals surface area contributed by atoms with Crippen molar-refractivity contribution in [2.24, 2.45) is 10.7 Å². The normalized spacial score (nSPS) is 17.7. The summed E-state index contributed by atoms with van der Waals surface area (Å²) < 4.78 is 47.2. The standard InChI is InChI=1S/C21H25F3N4O2.HI/c1-15-13-28(9-10-29-15)14-17-6-4-5-16(11-17)12-26-20(25)27-18-7-2-3-8-19(18)30-21(22,23)24;/h2-8,11,15H,9-10,12-14H2,1H3,(H3,25,26,27);1H. The molecule has 0 radical (unpaired) electrons. The lowest BCUT2D eigenvalue weighted by atomic mass is 10.1. The highest BCUT2D eigenvalue weighted by Crippen LogP contribution is 2.29. The van der Waals surface area contributed by atoms with Crippen LogP contribution >= 0.6 is 24.0 Å². The first-order valence-electron chi connectivity index (χ1n) is 9.62. The molecule has 1 aliphatic heterocycles. The summed E-state index contributed by atoms with van der Waals surface area (Å²) >= 11 is 0. The number of guanidine groups is 1. The number of nitrogens with two attached hydrogens (primary N) is 1. The number of aliphatic imine (C=N–C) groups is 1. The van der Waals surface area contributed by atoms with Crippen molar-refractivity contribution in [3.05, 3.63) is 59.7 Å². The van der Waals surface area contributed by atoms with E-state index in [9.17, 15) is 13.2 Å². The molecular formula is C21H26F3IN4O2. The van der Waals surface area contributed by atoms with Gasteiger partial charge in [-0.2, -0.15) is 0 Å². The van der Waals surface area contributed by atoms with Crippen molar-refractivity contribution in [3.8, 4) is 5.75 Å². The molecule has 0 aliphatic carbocycles. The van der Waals surface area contributed by atoms with E-state index in [-0.39, 0.29) is 47.5 Å². The van der Waals surface area contributed by atoms with E-state index >= 15 is 0 Å². The van der Waals surface area contributed by atoms with Crippen LogP contribution in [-0.2, 0) is 17.8 Å². The highest BCUT2D eigenvalue weighted by Gasteiger charge is 2.32. The number of alkyl halides is 3. The third-order valence-electron chi connectivity index (χ3n) is 4.53. The van der Waals surface area contributed by atoms with E-state index in [1.54, 1.807) is 6.07 Å². The second-order valence-electron chi connectivity index (χ2n) is 7.11.